The van der Waals surface area contributed by atoms with Crippen LogP contribution in [0.4, 0.5) is 0 Å². The Labute approximate surface area is 133 Å². The lowest BCUT2D eigenvalue weighted by Crippen LogP contribution is -2.00. The van der Waals surface area contributed by atoms with E-state index in [0.29, 0.717) is 18.1 Å². The summed E-state index contributed by atoms with van der Waals surface area (Å²) < 4.78 is 10.8. The third-order valence-corrected chi connectivity index (χ3v) is 3.12. The molecule has 2 rings (SSSR count). The predicted molar refractivity (Wildman–Crippen MR) is 84.1 cm³/mol. The van der Waals surface area contributed by atoms with Crippen molar-refractivity contribution in [3.05, 3.63) is 52.9 Å². The van der Waals surface area contributed by atoms with Crippen LogP contribution in [-0.4, -0.2) is 22.9 Å². The number of ether oxygens (including phenoxy) is 2. The molecule has 0 radical (unpaired) electrons. The lowest BCUT2D eigenvalue weighted by atomic mass is 10.2. The molecule has 0 aliphatic carbocycles. The first-order chi connectivity index (χ1) is 10.6. The van der Waals surface area contributed by atoms with E-state index in [4.69, 9.17) is 21.1 Å². The fraction of sp³-hybridized carbons (Fsp3) is 0.188. The molecule has 2 aromatic rings. The number of aromatic nitrogens is 2. The van der Waals surface area contributed by atoms with Gasteiger partial charge in [-0.3, -0.25) is 4.79 Å². The molecule has 0 atom stereocenters. The van der Waals surface area contributed by atoms with Crippen LogP contribution in [-0.2, 0) is 11.4 Å². The van der Waals surface area contributed by atoms with Crippen molar-refractivity contribution in [1.82, 2.24) is 9.97 Å². The summed E-state index contributed by atoms with van der Waals surface area (Å²) in [5, 5.41) is 0.234. The minimum atomic E-state index is -0.0963. The van der Waals surface area contributed by atoms with Gasteiger partial charge in [0.2, 0.25) is 5.88 Å². The van der Waals surface area contributed by atoms with Gasteiger partial charge in [-0.05, 0) is 36.8 Å². The normalized spacial score (nSPS) is 10.7. The second-order valence-corrected chi connectivity index (χ2v) is 4.82. The van der Waals surface area contributed by atoms with Crippen LogP contribution in [0.3, 0.4) is 0 Å². The molecule has 0 saturated carbocycles. The molecule has 1 aromatic heterocycles. The first-order valence-corrected chi connectivity index (χ1v) is 6.93. The smallest absolute Gasteiger partial charge is 0.225 e. The quantitative estimate of drug-likeness (QED) is 0.604. The maximum absolute atomic E-state index is 11.1. The van der Waals surface area contributed by atoms with Crippen molar-refractivity contribution in [3.8, 4) is 11.6 Å². The number of hydrogen-bond acceptors (Lipinski definition) is 5. The van der Waals surface area contributed by atoms with Crippen molar-refractivity contribution in [1.29, 1.82) is 0 Å². The SMILES string of the molecule is COc1ccc(COc2ncnc(Cl)c2/C=C/C(C)=O)cc1. The third-order valence-electron chi connectivity index (χ3n) is 2.82. The van der Waals surface area contributed by atoms with Crippen LogP contribution in [0.5, 0.6) is 11.6 Å². The van der Waals surface area contributed by atoms with Crippen molar-refractivity contribution < 1.29 is 14.3 Å². The second kappa shape index (κ2) is 7.56. The predicted octanol–water partition coefficient (Wildman–Crippen LogP) is 3.32. The molecule has 0 fully saturated rings. The highest BCUT2D eigenvalue weighted by Gasteiger charge is 2.09. The van der Waals surface area contributed by atoms with Gasteiger partial charge in [-0.2, -0.15) is 0 Å². The highest BCUT2D eigenvalue weighted by atomic mass is 35.5. The summed E-state index contributed by atoms with van der Waals surface area (Å²) in [6.45, 7) is 1.77. The molecule has 0 saturated heterocycles. The second-order valence-electron chi connectivity index (χ2n) is 4.46. The van der Waals surface area contributed by atoms with Crippen molar-refractivity contribution in [2.75, 3.05) is 7.11 Å². The van der Waals surface area contributed by atoms with Gasteiger partial charge in [0.25, 0.3) is 0 Å². The number of rotatable bonds is 6. The zero-order chi connectivity index (χ0) is 15.9. The number of carbonyl (C=O) groups excluding carboxylic acids is 1. The summed E-state index contributed by atoms with van der Waals surface area (Å²) in [5.74, 6) is 1.01. The molecule has 0 aliphatic heterocycles. The monoisotopic (exact) mass is 318 g/mol. The summed E-state index contributed by atoms with van der Waals surface area (Å²) in [5.41, 5.74) is 1.44. The van der Waals surface area contributed by atoms with E-state index in [1.807, 2.05) is 24.3 Å². The summed E-state index contributed by atoms with van der Waals surface area (Å²) in [6, 6.07) is 7.49. The molecular weight excluding hydrogens is 304 g/mol. The van der Waals surface area contributed by atoms with Crippen molar-refractivity contribution in [3.63, 3.8) is 0 Å². The minimum Gasteiger partial charge on any atom is -0.497 e. The molecule has 5 nitrogen and oxygen atoms in total. The molecule has 0 spiro atoms. The minimum absolute atomic E-state index is 0.0963. The maximum atomic E-state index is 11.1. The Kier molecular flexibility index (Phi) is 5.49. The molecule has 114 valence electrons. The molecule has 0 bridgehead atoms. The van der Waals surface area contributed by atoms with E-state index in [1.54, 1.807) is 13.2 Å². The van der Waals surface area contributed by atoms with E-state index >= 15 is 0 Å². The van der Waals surface area contributed by atoms with Crippen LogP contribution >= 0.6 is 11.6 Å². The fourth-order valence-electron chi connectivity index (χ4n) is 1.69. The zero-order valence-corrected chi connectivity index (χ0v) is 13.0. The van der Waals surface area contributed by atoms with E-state index in [0.717, 1.165) is 11.3 Å². The zero-order valence-electron chi connectivity index (χ0n) is 12.2. The number of carbonyl (C=O) groups is 1. The standard InChI is InChI=1S/C16H15ClN2O3/c1-11(20)3-8-14-15(17)18-10-19-16(14)22-9-12-4-6-13(21-2)7-5-12/h3-8,10H,9H2,1-2H3/b8-3+. The van der Waals surface area contributed by atoms with Crippen molar-refractivity contribution >= 4 is 23.5 Å². The topological polar surface area (TPSA) is 61.3 Å². The first kappa shape index (κ1) is 16.0. The number of hydrogen-bond donors (Lipinski definition) is 0. The van der Waals surface area contributed by atoms with E-state index in [2.05, 4.69) is 9.97 Å². The van der Waals surface area contributed by atoms with Gasteiger partial charge in [-0.1, -0.05) is 23.7 Å². The summed E-state index contributed by atoms with van der Waals surface area (Å²) in [6.07, 6.45) is 4.26. The summed E-state index contributed by atoms with van der Waals surface area (Å²) >= 11 is 6.02. The Morgan fingerprint density at radius 2 is 2.00 bits per heavy atom. The number of benzene rings is 1. The van der Waals surface area contributed by atoms with Crippen LogP contribution in [0.15, 0.2) is 36.7 Å². The van der Waals surface area contributed by atoms with Gasteiger partial charge < -0.3 is 9.47 Å². The Bertz CT molecular complexity index is 684. The highest BCUT2D eigenvalue weighted by Crippen LogP contribution is 2.24. The first-order valence-electron chi connectivity index (χ1n) is 6.55. The third kappa shape index (κ3) is 4.30. The molecule has 1 heterocycles. The van der Waals surface area contributed by atoms with E-state index < -0.39 is 0 Å². The Balaban J connectivity index is 2.14. The molecule has 0 amide bonds. The highest BCUT2D eigenvalue weighted by molar-refractivity contribution is 6.31. The molecule has 6 heteroatoms. The van der Waals surface area contributed by atoms with Crippen molar-refractivity contribution in [2.45, 2.75) is 13.5 Å². The van der Waals surface area contributed by atoms with Gasteiger partial charge in [0.1, 0.15) is 23.8 Å². The van der Waals surface area contributed by atoms with Gasteiger partial charge in [0, 0.05) is 0 Å². The number of halogens is 1. The van der Waals surface area contributed by atoms with Crippen LogP contribution in [0.1, 0.15) is 18.1 Å². The average Bonchev–Trinajstić information content (AvgIpc) is 2.52. The van der Waals surface area contributed by atoms with Gasteiger partial charge in [-0.25, -0.2) is 9.97 Å². The Hall–Kier alpha value is -2.40. The van der Waals surface area contributed by atoms with E-state index in [1.165, 1.54) is 19.3 Å². The average molecular weight is 319 g/mol. The molecule has 0 N–H and O–H groups in total. The van der Waals surface area contributed by atoms with Crippen LogP contribution in [0.25, 0.3) is 6.08 Å². The molecule has 22 heavy (non-hydrogen) atoms. The Morgan fingerprint density at radius 1 is 1.27 bits per heavy atom. The number of methoxy groups -OCH3 is 1. The number of allylic oxidation sites excluding steroid dienone is 1. The lowest BCUT2D eigenvalue weighted by Gasteiger charge is -2.09. The fourth-order valence-corrected chi connectivity index (χ4v) is 1.88. The lowest BCUT2D eigenvalue weighted by molar-refractivity contribution is -0.112. The van der Waals surface area contributed by atoms with Crippen LogP contribution in [0, 0.1) is 0 Å². The Morgan fingerprint density at radius 3 is 2.64 bits per heavy atom. The largest absolute Gasteiger partial charge is 0.497 e. The van der Waals surface area contributed by atoms with E-state index in [9.17, 15) is 4.79 Å². The number of nitrogens with zero attached hydrogens (tertiary/aromatic N) is 2. The summed E-state index contributed by atoms with van der Waals surface area (Å²) in [4.78, 5) is 19.0. The van der Waals surface area contributed by atoms with Crippen molar-refractivity contribution in [2.24, 2.45) is 0 Å². The maximum Gasteiger partial charge on any atom is 0.225 e. The van der Waals surface area contributed by atoms with Gasteiger partial charge in [0.15, 0.2) is 5.78 Å². The molecule has 1 aromatic carbocycles. The molecule has 0 aliphatic rings. The van der Waals surface area contributed by atoms with E-state index in [-0.39, 0.29) is 10.9 Å². The molecule has 0 unspecified atom stereocenters. The molecular formula is C16H15ClN2O3. The van der Waals surface area contributed by atoms with Gasteiger partial charge in [-0.15, -0.1) is 0 Å². The van der Waals surface area contributed by atoms with Gasteiger partial charge in [0.05, 0.1) is 12.7 Å². The summed E-state index contributed by atoms with van der Waals surface area (Å²) in [7, 11) is 1.61. The number of ketones is 1. The van der Waals surface area contributed by atoms with Gasteiger partial charge >= 0.3 is 0 Å². The van der Waals surface area contributed by atoms with Crippen LogP contribution < -0.4 is 9.47 Å². The van der Waals surface area contributed by atoms with Crippen LogP contribution in [0.2, 0.25) is 5.15 Å².